The van der Waals surface area contributed by atoms with Crippen LogP contribution in [-0.4, -0.2) is 35.7 Å². The second-order valence-electron chi connectivity index (χ2n) is 6.84. The third-order valence-corrected chi connectivity index (χ3v) is 5.65. The van der Waals surface area contributed by atoms with E-state index in [2.05, 4.69) is 51.1 Å². The van der Waals surface area contributed by atoms with E-state index in [1.54, 1.807) is 11.3 Å². The number of fused-ring (bicyclic) bond motifs is 1. The maximum atomic E-state index is 10.6. The molecule has 0 saturated heterocycles. The Hall–Kier alpha value is -2.31. The minimum atomic E-state index is -0.944. The van der Waals surface area contributed by atoms with Crippen LogP contribution >= 0.6 is 11.3 Å². The number of aliphatic imine (C=N–C) groups is 1. The number of nitrogens with zero attached hydrogens (tertiary/aromatic N) is 1. The van der Waals surface area contributed by atoms with Crippen LogP contribution in [0.15, 0.2) is 53.0 Å². The van der Waals surface area contributed by atoms with Gasteiger partial charge in [-0.2, -0.15) is 0 Å². The van der Waals surface area contributed by atoms with Gasteiger partial charge in [-0.25, -0.2) is 4.99 Å². The molecule has 6 heteroatoms. The molecule has 0 radical (unpaired) electrons. The van der Waals surface area contributed by atoms with Crippen LogP contribution in [0.4, 0.5) is 0 Å². The molecule has 0 aliphatic heterocycles. The van der Waals surface area contributed by atoms with Crippen molar-refractivity contribution in [2.45, 2.75) is 32.3 Å². The summed E-state index contributed by atoms with van der Waals surface area (Å²) in [5, 5.41) is 20.5. The zero-order chi connectivity index (χ0) is 19.1. The zero-order valence-electron chi connectivity index (χ0n) is 16.0. The van der Waals surface area contributed by atoms with Crippen LogP contribution in [0.1, 0.15) is 30.7 Å². The summed E-state index contributed by atoms with van der Waals surface area (Å²) in [5.74, 6) is 0.744. The number of benzene rings is 1. The smallest absolute Gasteiger partial charge is 0.191 e. The first-order valence-corrected chi connectivity index (χ1v) is 10.3. The van der Waals surface area contributed by atoms with Crippen molar-refractivity contribution in [3.05, 3.63) is 58.4 Å². The van der Waals surface area contributed by atoms with Crippen molar-refractivity contribution in [2.75, 3.05) is 19.6 Å². The predicted octanol–water partition coefficient (Wildman–Crippen LogP) is 3.62. The monoisotopic (exact) mass is 384 g/mol. The Morgan fingerprint density at radius 2 is 2.07 bits per heavy atom. The summed E-state index contributed by atoms with van der Waals surface area (Å²) in [7, 11) is 0. The van der Waals surface area contributed by atoms with Gasteiger partial charge in [-0.1, -0.05) is 24.3 Å². The zero-order valence-corrected chi connectivity index (χ0v) is 16.8. The first kappa shape index (κ1) is 19.5. The van der Waals surface area contributed by atoms with Gasteiger partial charge in [0.05, 0.1) is 6.54 Å². The van der Waals surface area contributed by atoms with Crippen molar-refractivity contribution >= 4 is 28.2 Å². The SMILES string of the molecule is CCNC(=NCC(C)(O)c1cccs1)NCCCc1c[nH]c2ccccc12. The lowest BCUT2D eigenvalue weighted by molar-refractivity contribution is 0.0711. The van der Waals surface area contributed by atoms with Crippen LogP contribution < -0.4 is 10.6 Å². The molecule has 0 spiro atoms. The molecule has 4 N–H and O–H groups in total. The number of para-hydroxylation sites is 1. The summed E-state index contributed by atoms with van der Waals surface area (Å²) in [6.45, 7) is 5.79. The van der Waals surface area contributed by atoms with E-state index in [4.69, 9.17) is 0 Å². The number of hydrogen-bond donors (Lipinski definition) is 4. The Morgan fingerprint density at radius 3 is 2.85 bits per heavy atom. The average Bonchev–Trinajstić information content (AvgIpc) is 3.34. The molecule has 2 aromatic heterocycles. The first-order chi connectivity index (χ1) is 13.1. The second-order valence-corrected chi connectivity index (χ2v) is 7.78. The van der Waals surface area contributed by atoms with Gasteiger partial charge in [-0.3, -0.25) is 0 Å². The fourth-order valence-corrected chi connectivity index (χ4v) is 3.84. The first-order valence-electron chi connectivity index (χ1n) is 9.43. The summed E-state index contributed by atoms with van der Waals surface area (Å²) >= 11 is 1.55. The number of rotatable bonds is 8. The van der Waals surface area contributed by atoms with E-state index in [1.807, 2.05) is 31.4 Å². The minimum absolute atomic E-state index is 0.325. The quantitative estimate of drug-likeness (QED) is 0.272. The number of aromatic nitrogens is 1. The van der Waals surface area contributed by atoms with Gasteiger partial charge in [0.25, 0.3) is 0 Å². The van der Waals surface area contributed by atoms with Crippen molar-refractivity contribution in [1.82, 2.24) is 15.6 Å². The number of guanidine groups is 1. The number of thiophene rings is 1. The molecule has 2 heterocycles. The van der Waals surface area contributed by atoms with Crippen LogP contribution in [0.25, 0.3) is 10.9 Å². The minimum Gasteiger partial charge on any atom is -0.383 e. The third kappa shape index (κ3) is 5.11. The highest BCUT2D eigenvalue weighted by atomic mass is 32.1. The predicted molar refractivity (Wildman–Crippen MR) is 114 cm³/mol. The van der Waals surface area contributed by atoms with E-state index in [0.717, 1.165) is 36.8 Å². The van der Waals surface area contributed by atoms with Gasteiger partial charge in [0.1, 0.15) is 5.60 Å². The van der Waals surface area contributed by atoms with Crippen LogP contribution in [0, 0.1) is 0 Å². The summed E-state index contributed by atoms with van der Waals surface area (Å²) in [5.41, 5.74) is 1.58. The van der Waals surface area contributed by atoms with Crippen LogP contribution in [0.5, 0.6) is 0 Å². The molecular formula is C21H28N4OS. The molecule has 3 aromatic rings. The Labute approximate surface area is 164 Å². The average molecular weight is 385 g/mol. The highest BCUT2D eigenvalue weighted by Gasteiger charge is 2.23. The van der Waals surface area contributed by atoms with E-state index in [0.29, 0.717) is 6.54 Å². The van der Waals surface area contributed by atoms with Crippen molar-refractivity contribution in [3.63, 3.8) is 0 Å². The molecule has 144 valence electrons. The molecule has 0 aliphatic rings. The molecule has 0 aliphatic carbocycles. The molecule has 1 unspecified atom stereocenters. The summed E-state index contributed by atoms with van der Waals surface area (Å²) in [6.07, 6.45) is 4.11. The third-order valence-electron chi connectivity index (χ3n) is 4.53. The summed E-state index contributed by atoms with van der Waals surface area (Å²) in [4.78, 5) is 8.83. The van der Waals surface area contributed by atoms with Gasteiger partial charge in [-0.15, -0.1) is 11.3 Å². The standard InChI is InChI=1S/C21H28N4OS/c1-3-22-20(25-15-21(2,26)19-11-7-13-27-19)23-12-6-8-16-14-24-18-10-5-4-9-17(16)18/h4-5,7,9-11,13-14,24,26H,3,6,8,12,15H2,1-2H3,(H2,22,23,25). The topological polar surface area (TPSA) is 72.4 Å². The number of H-pyrrole nitrogens is 1. The number of aliphatic hydroxyl groups is 1. The number of aromatic amines is 1. The largest absolute Gasteiger partial charge is 0.383 e. The number of hydrogen-bond acceptors (Lipinski definition) is 3. The lowest BCUT2D eigenvalue weighted by atomic mass is 10.1. The maximum Gasteiger partial charge on any atom is 0.191 e. The summed E-state index contributed by atoms with van der Waals surface area (Å²) < 4.78 is 0. The van der Waals surface area contributed by atoms with Gasteiger partial charge < -0.3 is 20.7 Å². The lowest BCUT2D eigenvalue weighted by Gasteiger charge is -2.20. The highest BCUT2D eigenvalue weighted by Crippen LogP contribution is 2.25. The van der Waals surface area contributed by atoms with Gasteiger partial charge in [0.2, 0.25) is 0 Å². The maximum absolute atomic E-state index is 10.6. The number of nitrogens with one attached hydrogen (secondary N) is 3. The van der Waals surface area contributed by atoms with Crippen molar-refractivity contribution in [2.24, 2.45) is 4.99 Å². The Bertz CT molecular complexity index is 867. The van der Waals surface area contributed by atoms with E-state index in [-0.39, 0.29) is 0 Å². The molecule has 0 amide bonds. The number of aryl methyl sites for hydroxylation is 1. The van der Waals surface area contributed by atoms with Gasteiger partial charge in [-0.05, 0) is 49.8 Å². The molecule has 0 bridgehead atoms. The second kappa shape index (κ2) is 9.06. The van der Waals surface area contributed by atoms with Crippen LogP contribution in [0.2, 0.25) is 0 Å². The molecule has 3 rings (SSSR count). The molecule has 0 saturated carbocycles. The lowest BCUT2D eigenvalue weighted by Crippen LogP contribution is -2.39. The molecule has 0 fully saturated rings. The van der Waals surface area contributed by atoms with E-state index in [1.165, 1.54) is 16.5 Å². The molecular weight excluding hydrogens is 356 g/mol. The molecule has 5 nitrogen and oxygen atoms in total. The van der Waals surface area contributed by atoms with E-state index in [9.17, 15) is 5.11 Å². The molecule has 27 heavy (non-hydrogen) atoms. The van der Waals surface area contributed by atoms with Crippen LogP contribution in [-0.2, 0) is 12.0 Å². The molecule has 1 atom stereocenters. The Kier molecular flexibility index (Phi) is 6.53. The fourth-order valence-electron chi connectivity index (χ4n) is 3.06. The Balaban J connectivity index is 1.52. The van der Waals surface area contributed by atoms with Gasteiger partial charge >= 0.3 is 0 Å². The van der Waals surface area contributed by atoms with Crippen molar-refractivity contribution in [1.29, 1.82) is 0 Å². The van der Waals surface area contributed by atoms with Crippen LogP contribution in [0.3, 0.4) is 0 Å². The molecule has 1 aromatic carbocycles. The van der Waals surface area contributed by atoms with Crippen molar-refractivity contribution < 1.29 is 5.11 Å². The highest BCUT2D eigenvalue weighted by molar-refractivity contribution is 7.10. The van der Waals surface area contributed by atoms with Gasteiger partial charge in [0.15, 0.2) is 5.96 Å². The Morgan fingerprint density at radius 1 is 1.22 bits per heavy atom. The van der Waals surface area contributed by atoms with Gasteiger partial charge in [0, 0.05) is 35.1 Å². The normalized spacial score (nSPS) is 14.3. The van der Waals surface area contributed by atoms with E-state index < -0.39 is 5.60 Å². The van der Waals surface area contributed by atoms with Crippen molar-refractivity contribution in [3.8, 4) is 0 Å². The van der Waals surface area contributed by atoms with E-state index >= 15 is 0 Å². The summed E-state index contributed by atoms with van der Waals surface area (Å²) in [6, 6.07) is 12.3. The fraction of sp³-hybridized carbons (Fsp3) is 0.381.